The third-order valence-corrected chi connectivity index (χ3v) is 5.20. The molecular weight excluding hydrogens is 204 g/mol. The van der Waals surface area contributed by atoms with E-state index in [0.717, 1.165) is 23.7 Å². The molecule has 0 heteroatoms. The van der Waals surface area contributed by atoms with Crippen molar-refractivity contribution in [3.63, 3.8) is 0 Å². The first-order valence-electron chi connectivity index (χ1n) is 8.29. The molecule has 0 amide bonds. The van der Waals surface area contributed by atoms with Crippen LogP contribution in [0.2, 0.25) is 0 Å². The van der Waals surface area contributed by atoms with E-state index in [9.17, 15) is 0 Å². The van der Waals surface area contributed by atoms with Crippen molar-refractivity contribution in [2.45, 2.75) is 85.5 Å². The molecule has 0 atom stereocenters. The molecule has 0 bridgehead atoms. The largest absolute Gasteiger partial charge is 0.0683 e. The fraction of sp³-hybridized carbons (Fsp3) is 1.00. The Morgan fingerprint density at radius 2 is 1.12 bits per heavy atom. The van der Waals surface area contributed by atoms with Crippen molar-refractivity contribution in [2.24, 2.45) is 23.7 Å². The monoisotopic (exact) mass is 238 g/mol. The van der Waals surface area contributed by atoms with E-state index in [1.54, 1.807) is 25.7 Å². The zero-order valence-corrected chi connectivity index (χ0v) is 12.7. The molecule has 0 heterocycles. The van der Waals surface area contributed by atoms with Crippen molar-refractivity contribution in [3.8, 4) is 0 Å². The first-order chi connectivity index (χ1) is 8.29. The minimum absolute atomic E-state index is 1.02. The molecule has 0 aromatic rings. The van der Waals surface area contributed by atoms with Gasteiger partial charge < -0.3 is 0 Å². The fourth-order valence-electron chi connectivity index (χ4n) is 3.83. The summed E-state index contributed by atoms with van der Waals surface area (Å²) in [5.74, 6) is 4.32. The molecule has 0 N–H and O–H groups in total. The SMILES string of the molecule is CC.CCC1CCC(C2CCC(C)CC2)CC1. The summed E-state index contributed by atoms with van der Waals surface area (Å²) in [5, 5.41) is 0. The maximum Gasteiger partial charge on any atom is -0.0386 e. The first kappa shape index (κ1) is 15.1. The van der Waals surface area contributed by atoms with E-state index in [-0.39, 0.29) is 0 Å². The summed E-state index contributed by atoms with van der Waals surface area (Å²) in [6.07, 6.45) is 13.7. The lowest BCUT2D eigenvalue weighted by molar-refractivity contribution is 0.149. The van der Waals surface area contributed by atoms with Crippen molar-refractivity contribution in [2.75, 3.05) is 0 Å². The molecule has 0 nitrogen and oxygen atoms in total. The lowest BCUT2D eigenvalue weighted by Crippen LogP contribution is -2.25. The summed E-state index contributed by atoms with van der Waals surface area (Å²) >= 11 is 0. The highest BCUT2D eigenvalue weighted by Crippen LogP contribution is 2.41. The van der Waals surface area contributed by atoms with Crippen LogP contribution in [0.25, 0.3) is 0 Å². The highest BCUT2D eigenvalue weighted by atomic mass is 14.3. The van der Waals surface area contributed by atoms with Gasteiger partial charge in [-0.15, -0.1) is 0 Å². The molecule has 2 aliphatic carbocycles. The Balaban J connectivity index is 0.000000686. The fourth-order valence-corrected chi connectivity index (χ4v) is 3.83. The summed E-state index contributed by atoms with van der Waals surface area (Å²) in [4.78, 5) is 0. The highest BCUT2D eigenvalue weighted by molar-refractivity contribution is 4.80. The van der Waals surface area contributed by atoms with Crippen LogP contribution in [0.3, 0.4) is 0 Å². The number of hydrogen-bond donors (Lipinski definition) is 0. The van der Waals surface area contributed by atoms with E-state index >= 15 is 0 Å². The van der Waals surface area contributed by atoms with Gasteiger partial charge in [-0.3, -0.25) is 0 Å². The van der Waals surface area contributed by atoms with E-state index in [1.165, 1.54) is 32.1 Å². The zero-order valence-electron chi connectivity index (χ0n) is 12.7. The van der Waals surface area contributed by atoms with Gasteiger partial charge in [0.15, 0.2) is 0 Å². The predicted octanol–water partition coefficient (Wildman–Crippen LogP) is 6.06. The van der Waals surface area contributed by atoms with Gasteiger partial charge >= 0.3 is 0 Å². The average molecular weight is 238 g/mol. The van der Waals surface area contributed by atoms with Crippen LogP contribution in [-0.4, -0.2) is 0 Å². The molecule has 0 spiro atoms. The van der Waals surface area contributed by atoms with E-state index < -0.39 is 0 Å². The van der Waals surface area contributed by atoms with E-state index in [0.29, 0.717) is 0 Å². The maximum absolute atomic E-state index is 2.43. The van der Waals surface area contributed by atoms with Gasteiger partial charge in [0.05, 0.1) is 0 Å². The summed E-state index contributed by atoms with van der Waals surface area (Å²) in [5.41, 5.74) is 0. The quantitative estimate of drug-likeness (QED) is 0.549. The second-order valence-electron chi connectivity index (χ2n) is 6.21. The van der Waals surface area contributed by atoms with Gasteiger partial charge in [0.2, 0.25) is 0 Å². The standard InChI is InChI=1S/C15H28.C2H6/c1-3-13-6-10-15(11-7-13)14-8-4-12(2)5-9-14;1-2/h12-15H,3-11H2,1-2H3;1-2H3. The Morgan fingerprint density at radius 1 is 0.706 bits per heavy atom. The van der Waals surface area contributed by atoms with Gasteiger partial charge in [-0.1, -0.05) is 59.8 Å². The molecule has 0 aliphatic heterocycles. The zero-order chi connectivity index (χ0) is 12.7. The molecule has 0 aromatic carbocycles. The van der Waals surface area contributed by atoms with Crippen LogP contribution in [0.4, 0.5) is 0 Å². The molecule has 0 saturated heterocycles. The second kappa shape index (κ2) is 8.16. The molecule has 0 aromatic heterocycles. The molecule has 2 rings (SSSR count). The molecule has 2 saturated carbocycles. The maximum atomic E-state index is 2.43. The Kier molecular flexibility index (Phi) is 7.23. The Hall–Kier alpha value is 0. The van der Waals surface area contributed by atoms with Gasteiger partial charge in [-0.05, 0) is 49.4 Å². The molecule has 17 heavy (non-hydrogen) atoms. The van der Waals surface area contributed by atoms with Crippen molar-refractivity contribution in [1.82, 2.24) is 0 Å². The van der Waals surface area contributed by atoms with Crippen LogP contribution < -0.4 is 0 Å². The van der Waals surface area contributed by atoms with Crippen molar-refractivity contribution in [1.29, 1.82) is 0 Å². The smallest absolute Gasteiger partial charge is 0.0386 e. The van der Waals surface area contributed by atoms with Crippen LogP contribution >= 0.6 is 0 Å². The molecule has 2 aliphatic rings. The Morgan fingerprint density at radius 3 is 1.53 bits per heavy atom. The van der Waals surface area contributed by atoms with Gasteiger partial charge in [0.1, 0.15) is 0 Å². The van der Waals surface area contributed by atoms with Crippen molar-refractivity contribution >= 4 is 0 Å². The second-order valence-corrected chi connectivity index (χ2v) is 6.21. The van der Waals surface area contributed by atoms with Gasteiger partial charge in [-0.25, -0.2) is 0 Å². The molecule has 2 fully saturated rings. The van der Waals surface area contributed by atoms with Crippen molar-refractivity contribution in [3.05, 3.63) is 0 Å². The number of hydrogen-bond acceptors (Lipinski definition) is 0. The average Bonchev–Trinajstić information content (AvgIpc) is 2.42. The van der Waals surface area contributed by atoms with Gasteiger partial charge in [0.25, 0.3) is 0 Å². The van der Waals surface area contributed by atoms with Crippen LogP contribution in [0.15, 0.2) is 0 Å². The summed E-state index contributed by atoms with van der Waals surface area (Å²) < 4.78 is 0. The van der Waals surface area contributed by atoms with Crippen molar-refractivity contribution < 1.29 is 0 Å². The normalized spacial score (nSPS) is 38.1. The molecule has 0 unspecified atom stereocenters. The molecule has 0 radical (unpaired) electrons. The molecular formula is C17H34. The third kappa shape index (κ3) is 4.64. The lowest BCUT2D eigenvalue weighted by atomic mass is 9.69. The van der Waals surface area contributed by atoms with Gasteiger partial charge in [-0.2, -0.15) is 0 Å². The Labute approximate surface area is 110 Å². The Bertz CT molecular complexity index is 168. The van der Waals surface area contributed by atoms with Crippen LogP contribution in [0, 0.1) is 23.7 Å². The minimum atomic E-state index is 1.02. The minimum Gasteiger partial charge on any atom is -0.0683 e. The van der Waals surface area contributed by atoms with E-state index in [2.05, 4.69) is 13.8 Å². The lowest BCUT2D eigenvalue weighted by Gasteiger charge is -2.37. The molecule has 102 valence electrons. The summed E-state index contributed by atoms with van der Waals surface area (Å²) in [7, 11) is 0. The number of rotatable bonds is 2. The van der Waals surface area contributed by atoms with E-state index in [1.807, 2.05) is 13.8 Å². The van der Waals surface area contributed by atoms with Crippen LogP contribution in [0.1, 0.15) is 85.5 Å². The third-order valence-electron chi connectivity index (χ3n) is 5.20. The highest BCUT2D eigenvalue weighted by Gasteiger charge is 2.29. The van der Waals surface area contributed by atoms with Crippen LogP contribution in [0.5, 0.6) is 0 Å². The predicted molar refractivity (Wildman–Crippen MR) is 78.2 cm³/mol. The summed E-state index contributed by atoms with van der Waals surface area (Å²) in [6.45, 7) is 8.80. The van der Waals surface area contributed by atoms with Crippen LogP contribution in [-0.2, 0) is 0 Å². The summed E-state index contributed by atoms with van der Waals surface area (Å²) in [6, 6.07) is 0. The first-order valence-corrected chi connectivity index (χ1v) is 8.29. The topological polar surface area (TPSA) is 0 Å². The van der Waals surface area contributed by atoms with Gasteiger partial charge in [0, 0.05) is 0 Å². The van der Waals surface area contributed by atoms with E-state index in [4.69, 9.17) is 0 Å².